The maximum Gasteiger partial charge on any atom is 0.231 e. The zero-order chi connectivity index (χ0) is 17.8. The van der Waals surface area contributed by atoms with Gasteiger partial charge in [0.15, 0.2) is 0 Å². The van der Waals surface area contributed by atoms with Crippen molar-refractivity contribution in [3.63, 3.8) is 0 Å². The second-order valence-electron chi connectivity index (χ2n) is 5.41. The van der Waals surface area contributed by atoms with Gasteiger partial charge >= 0.3 is 0 Å². The molecule has 1 aromatic carbocycles. The number of benzene rings is 1. The summed E-state index contributed by atoms with van der Waals surface area (Å²) in [6.45, 7) is 0.658. The molecule has 8 heteroatoms. The number of carbonyl (C=O) groups is 1. The summed E-state index contributed by atoms with van der Waals surface area (Å²) in [5.74, 6) is 0.920. The van der Waals surface area contributed by atoms with E-state index in [-0.39, 0.29) is 12.3 Å². The van der Waals surface area contributed by atoms with Crippen molar-refractivity contribution in [3.8, 4) is 5.88 Å². The molecule has 0 radical (unpaired) electrons. The normalized spacial score (nSPS) is 13.6. The van der Waals surface area contributed by atoms with Gasteiger partial charge in [-0.2, -0.15) is 5.10 Å². The molecule has 0 saturated carbocycles. The number of aromatic nitrogens is 1. The summed E-state index contributed by atoms with van der Waals surface area (Å²) in [5.41, 5.74) is 1.46. The molecular formula is C17H16Cl2N4O2. The minimum absolute atomic E-state index is 0.156. The average molecular weight is 379 g/mol. The van der Waals surface area contributed by atoms with Crippen molar-refractivity contribution >= 4 is 40.6 Å². The number of methoxy groups -OCH3 is 1. The third-order valence-electron chi connectivity index (χ3n) is 3.62. The number of ether oxygens (including phenoxy) is 1. The number of pyridine rings is 1. The van der Waals surface area contributed by atoms with Gasteiger partial charge in [0.1, 0.15) is 5.84 Å². The smallest absolute Gasteiger partial charge is 0.231 e. The Bertz CT molecular complexity index is 826. The van der Waals surface area contributed by atoms with E-state index < -0.39 is 0 Å². The molecule has 2 heterocycles. The second-order valence-corrected chi connectivity index (χ2v) is 6.23. The summed E-state index contributed by atoms with van der Waals surface area (Å²) in [6.07, 6.45) is 0.792. The van der Waals surface area contributed by atoms with E-state index in [2.05, 4.69) is 15.4 Å². The Labute approximate surface area is 155 Å². The van der Waals surface area contributed by atoms with E-state index in [1.807, 2.05) is 6.07 Å². The molecule has 1 N–H and O–H groups in total. The number of nitrogens with zero attached hydrogens (tertiary/aromatic N) is 3. The highest BCUT2D eigenvalue weighted by atomic mass is 35.5. The van der Waals surface area contributed by atoms with Gasteiger partial charge < -0.3 is 10.1 Å². The summed E-state index contributed by atoms with van der Waals surface area (Å²) < 4.78 is 5.06. The number of carbonyl (C=O) groups excluding carboxylic acids is 1. The molecule has 0 spiro atoms. The highest BCUT2D eigenvalue weighted by Gasteiger charge is 2.18. The lowest BCUT2D eigenvalue weighted by Crippen LogP contribution is -2.30. The largest absolute Gasteiger partial charge is 0.481 e. The van der Waals surface area contributed by atoms with Crippen LogP contribution >= 0.6 is 23.2 Å². The first-order valence-corrected chi connectivity index (χ1v) is 8.40. The monoisotopic (exact) mass is 378 g/mol. The molecule has 0 unspecified atom stereocenters. The molecule has 1 aliphatic heterocycles. The Balaban J connectivity index is 1.62. The standard InChI is InChI=1S/C17H16Cl2N4O2/c1-25-17-4-2-3-11(20-17)9-16(24)21-15-7-8-23(22-15)12-5-6-13(18)14(19)10-12/h2-6,10H,7-9H2,1H3,(H,21,22,24). The van der Waals surface area contributed by atoms with Gasteiger partial charge in [-0.3, -0.25) is 9.80 Å². The molecule has 1 aromatic heterocycles. The van der Waals surface area contributed by atoms with Gasteiger partial charge in [-0.05, 0) is 24.3 Å². The van der Waals surface area contributed by atoms with E-state index in [9.17, 15) is 4.79 Å². The fraction of sp³-hybridized carbons (Fsp3) is 0.235. The summed E-state index contributed by atoms with van der Waals surface area (Å²) in [7, 11) is 1.54. The molecule has 1 amide bonds. The quantitative estimate of drug-likeness (QED) is 0.886. The van der Waals surface area contributed by atoms with Crippen LogP contribution in [0.4, 0.5) is 5.69 Å². The van der Waals surface area contributed by atoms with Crippen LogP contribution in [0.1, 0.15) is 12.1 Å². The first-order valence-electron chi connectivity index (χ1n) is 7.65. The zero-order valence-corrected chi connectivity index (χ0v) is 15.0. The first-order chi connectivity index (χ1) is 12.0. The fourth-order valence-electron chi connectivity index (χ4n) is 2.42. The van der Waals surface area contributed by atoms with Gasteiger partial charge in [0.25, 0.3) is 0 Å². The predicted molar refractivity (Wildman–Crippen MR) is 98.5 cm³/mol. The van der Waals surface area contributed by atoms with Crippen LogP contribution < -0.4 is 15.1 Å². The SMILES string of the molecule is COc1cccc(CC(=O)NC2=NN(c3ccc(Cl)c(Cl)c3)CC2)n1. The lowest BCUT2D eigenvalue weighted by molar-refractivity contribution is -0.119. The lowest BCUT2D eigenvalue weighted by Gasteiger charge is -2.13. The van der Waals surface area contributed by atoms with Crippen LogP contribution in [0.15, 0.2) is 41.5 Å². The van der Waals surface area contributed by atoms with Crippen LogP contribution in [0.25, 0.3) is 0 Å². The molecule has 0 atom stereocenters. The van der Waals surface area contributed by atoms with E-state index in [1.54, 1.807) is 35.3 Å². The number of hydrogen-bond acceptors (Lipinski definition) is 5. The Morgan fingerprint density at radius 3 is 2.88 bits per heavy atom. The topological polar surface area (TPSA) is 66.8 Å². The summed E-state index contributed by atoms with van der Waals surface area (Å²) >= 11 is 12.0. The number of hydrogen-bond donors (Lipinski definition) is 1. The number of hydrazone groups is 1. The number of amides is 1. The number of nitrogens with one attached hydrogen (secondary N) is 1. The molecule has 1 aliphatic rings. The third kappa shape index (κ3) is 4.41. The maximum atomic E-state index is 12.2. The van der Waals surface area contributed by atoms with Gasteiger partial charge in [-0.25, -0.2) is 4.98 Å². The van der Waals surface area contributed by atoms with Gasteiger partial charge in [0, 0.05) is 19.0 Å². The van der Waals surface area contributed by atoms with Crippen molar-refractivity contribution < 1.29 is 9.53 Å². The maximum absolute atomic E-state index is 12.2. The highest BCUT2D eigenvalue weighted by molar-refractivity contribution is 6.42. The minimum atomic E-state index is -0.171. The molecule has 0 fully saturated rings. The average Bonchev–Trinajstić information content (AvgIpc) is 3.05. The molecule has 130 valence electrons. The van der Waals surface area contributed by atoms with Crippen LogP contribution in [-0.2, 0) is 11.2 Å². The molecule has 0 aliphatic carbocycles. The van der Waals surface area contributed by atoms with Crippen LogP contribution in [0.5, 0.6) is 5.88 Å². The van der Waals surface area contributed by atoms with Gasteiger partial charge in [0.05, 0.1) is 35.0 Å². The number of amidine groups is 1. The number of anilines is 1. The van der Waals surface area contributed by atoms with Crippen molar-refractivity contribution in [1.82, 2.24) is 10.3 Å². The van der Waals surface area contributed by atoms with Gasteiger partial charge in [0.2, 0.25) is 11.8 Å². The Kier molecular flexibility index (Phi) is 5.40. The molecular weight excluding hydrogens is 363 g/mol. The first kappa shape index (κ1) is 17.5. The van der Waals surface area contributed by atoms with Crippen molar-refractivity contribution in [1.29, 1.82) is 0 Å². The van der Waals surface area contributed by atoms with E-state index in [0.29, 0.717) is 40.4 Å². The predicted octanol–water partition coefficient (Wildman–Crippen LogP) is 3.28. The molecule has 0 saturated heterocycles. The third-order valence-corrected chi connectivity index (χ3v) is 4.36. The van der Waals surface area contributed by atoms with Crippen molar-refractivity contribution in [3.05, 3.63) is 52.1 Å². The van der Waals surface area contributed by atoms with E-state index >= 15 is 0 Å². The van der Waals surface area contributed by atoms with E-state index in [4.69, 9.17) is 27.9 Å². The lowest BCUT2D eigenvalue weighted by atomic mass is 10.2. The summed E-state index contributed by atoms with van der Waals surface area (Å²) in [5, 5.41) is 9.98. The van der Waals surface area contributed by atoms with Crippen LogP contribution in [-0.4, -0.2) is 30.4 Å². The summed E-state index contributed by atoms with van der Waals surface area (Å²) in [6, 6.07) is 10.6. The molecule has 6 nitrogen and oxygen atoms in total. The van der Waals surface area contributed by atoms with Crippen LogP contribution in [0.2, 0.25) is 10.0 Å². The van der Waals surface area contributed by atoms with Gasteiger partial charge in [-0.15, -0.1) is 0 Å². The Morgan fingerprint density at radius 2 is 2.12 bits per heavy atom. The zero-order valence-electron chi connectivity index (χ0n) is 13.5. The van der Waals surface area contributed by atoms with Crippen molar-refractivity contribution in [2.45, 2.75) is 12.8 Å². The second kappa shape index (κ2) is 7.72. The Morgan fingerprint density at radius 1 is 1.28 bits per heavy atom. The van der Waals surface area contributed by atoms with E-state index in [1.165, 1.54) is 7.11 Å². The number of rotatable bonds is 4. The Hall–Kier alpha value is -2.31. The van der Waals surface area contributed by atoms with Crippen LogP contribution in [0, 0.1) is 0 Å². The fourth-order valence-corrected chi connectivity index (χ4v) is 2.71. The highest BCUT2D eigenvalue weighted by Crippen LogP contribution is 2.28. The molecule has 2 aromatic rings. The summed E-state index contributed by atoms with van der Waals surface area (Å²) in [4.78, 5) is 16.4. The van der Waals surface area contributed by atoms with Gasteiger partial charge in [-0.1, -0.05) is 29.3 Å². The van der Waals surface area contributed by atoms with Crippen molar-refractivity contribution in [2.75, 3.05) is 18.7 Å². The molecule has 25 heavy (non-hydrogen) atoms. The number of halogens is 2. The molecule has 0 bridgehead atoms. The minimum Gasteiger partial charge on any atom is -0.481 e. The van der Waals surface area contributed by atoms with Crippen LogP contribution in [0.3, 0.4) is 0 Å². The van der Waals surface area contributed by atoms with E-state index in [0.717, 1.165) is 5.69 Å². The molecule has 3 rings (SSSR count). The van der Waals surface area contributed by atoms with Crippen molar-refractivity contribution in [2.24, 2.45) is 5.10 Å².